The van der Waals surface area contributed by atoms with Gasteiger partial charge in [-0.3, -0.25) is 0 Å². The number of benzene rings is 8. The minimum Gasteiger partial charge on any atom is -0.455 e. The Hall–Kier alpha value is -6.12. The molecule has 0 unspecified atom stereocenters. The van der Waals surface area contributed by atoms with Gasteiger partial charge >= 0.3 is 0 Å². The molecule has 0 aliphatic carbocycles. The number of nitrogens with zero attached hydrogens (tertiary/aromatic N) is 1. The van der Waals surface area contributed by atoms with E-state index in [-0.39, 0.29) is 0 Å². The summed E-state index contributed by atoms with van der Waals surface area (Å²) < 4.78 is 6.46. The van der Waals surface area contributed by atoms with Gasteiger partial charge in [-0.05, 0) is 69.2 Å². The SMILES string of the molecule is c1ccc(-c2cccc(N(c3cccc(-c4cccc5c4oc4ccccc45)c3)c3cc4ccccc4c4ccccc34)c2)cc1. The Morgan fingerprint density at radius 2 is 0.957 bits per heavy atom. The van der Waals surface area contributed by atoms with Crippen molar-refractivity contribution in [2.75, 3.05) is 4.90 Å². The zero-order valence-corrected chi connectivity index (χ0v) is 25.1. The van der Waals surface area contributed by atoms with Crippen LogP contribution >= 0.6 is 0 Å². The van der Waals surface area contributed by atoms with E-state index in [1.54, 1.807) is 0 Å². The fourth-order valence-corrected chi connectivity index (χ4v) is 6.89. The van der Waals surface area contributed by atoms with Gasteiger partial charge in [-0.1, -0.05) is 140 Å². The van der Waals surface area contributed by atoms with E-state index >= 15 is 0 Å². The minimum absolute atomic E-state index is 0.906. The molecular weight excluding hydrogens is 558 g/mol. The van der Waals surface area contributed by atoms with Crippen LogP contribution < -0.4 is 4.90 Å². The molecule has 8 aromatic carbocycles. The lowest BCUT2D eigenvalue weighted by molar-refractivity contribution is 0.670. The third kappa shape index (κ3) is 4.35. The molecule has 2 heteroatoms. The van der Waals surface area contributed by atoms with Crippen LogP contribution in [0.25, 0.3) is 65.7 Å². The summed E-state index contributed by atoms with van der Waals surface area (Å²) in [6, 6.07) is 62.8. The number of hydrogen-bond donors (Lipinski definition) is 0. The van der Waals surface area contributed by atoms with Gasteiger partial charge in [0.05, 0.1) is 5.69 Å². The van der Waals surface area contributed by atoms with Crippen molar-refractivity contribution < 1.29 is 4.42 Å². The van der Waals surface area contributed by atoms with Crippen molar-refractivity contribution in [1.29, 1.82) is 0 Å². The first-order chi connectivity index (χ1) is 22.8. The first kappa shape index (κ1) is 26.3. The van der Waals surface area contributed by atoms with Crippen LogP contribution in [-0.2, 0) is 0 Å². The zero-order valence-electron chi connectivity index (χ0n) is 25.1. The molecule has 0 radical (unpaired) electrons. The van der Waals surface area contributed by atoms with Gasteiger partial charge in [0, 0.05) is 33.1 Å². The Bertz CT molecular complexity index is 2540. The summed E-state index contributed by atoms with van der Waals surface area (Å²) in [5, 5.41) is 7.18. The molecule has 0 spiro atoms. The first-order valence-corrected chi connectivity index (χ1v) is 15.7. The third-order valence-electron chi connectivity index (χ3n) is 9.02. The fourth-order valence-electron chi connectivity index (χ4n) is 6.89. The maximum atomic E-state index is 6.46. The topological polar surface area (TPSA) is 16.4 Å². The van der Waals surface area contributed by atoms with E-state index in [0.717, 1.165) is 50.1 Å². The standard InChI is InChI=1S/C44H29NO/c1-2-13-30(14-3-1)31-16-10-18-34(27-31)45(42-29-33-15-4-5-20-36(33)38-21-6-7-22-39(38)42)35-19-11-17-32(28-35)37-24-12-25-41-40-23-8-9-26-43(40)46-44(37)41/h1-29H. The number of fused-ring (bicyclic) bond motifs is 6. The predicted molar refractivity (Wildman–Crippen MR) is 194 cm³/mol. The zero-order chi connectivity index (χ0) is 30.5. The quantitative estimate of drug-likeness (QED) is 0.186. The summed E-state index contributed by atoms with van der Waals surface area (Å²) in [5.74, 6) is 0. The predicted octanol–water partition coefficient (Wildman–Crippen LogP) is 12.7. The van der Waals surface area contributed by atoms with Crippen LogP contribution in [-0.4, -0.2) is 0 Å². The van der Waals surface area contributed by atoms with Crippen molar-refractivity contribution in [2.24, 2.45) is 0 Å². The van der Waals surface area contributed by atoms with Gasteiger partial charge in [0.25, 0.3) is 0 Å². The maximum Gasteiger partial charge on any atom is 0.143 e. The van der Waals surface area contributed by atoms with Crippen LogP contribution in [0.5, 0.6) is 0 Å². The first-order valence-electron chi connectivity index (χ1n) is 15.7. The maximum absolute atomic E-state index is 6.46. The Kier molecular flexibility index (Phi) is 6.17. The molecule has 46 heavy (non-hydrogen) atoms. The summed E-state index contributed by atoms with van der Waals surface area (Å²) in [6.07, 6.45) is 0. The molecule has 0 atom stereocenters. The van der Waals surface area contributed by atoms with Crippen molar-refractivity contribution in [3.8, 4) is 22.3 Å². The summed E-state index contributed by atoms with van der Waals surface area (Å²) in [4.78, 5) is 2.41. The molecule has 9 rings (SSSR count). The number of para-hydroxylation sites is 2. The lowest BCUT2D eigenvalue weighted by Gasteiger charge is -2.28. The van der Waals surface area contributed by atoms with Gasteiger partial charge in [-0.2, -0.15) is 0 Å². The van der Waals surface area contributed by atoms with Crippen LogP contribution in [0.15, 0.2) is 180 Å². The van der Waals surface area contributed by atoms with E-state index in [2.05, 4.69) is 169 Å². The van der Waals surface area contributed by atoms with E-state index in [1.165, 1.54) is 32.7 Å². The summed E-state index contributed by atoms with van der Waals surface area (Å²) in [7, 11) is 0. The highest BCUT2D eigenvalue weighted by Crippen LogP contribution is 2.44. The van der Waals surface area contributed by atoms with E-state index in [0.29, 0.717) is 0 Å². The van der Waals surface area contributed by atoms with Crippen LogP contribution in [0.3, 0.4) is 0 Å². The highest BCUT2D eigenvalue weighted by Gasteiger charge is 2.19. The number of hydrogen-bond acceptors (Lipinski definition) is 2. The summed E-state index contributed by atoms with van der Waals surface area (Å²) in [6.45, 7) is 0. The fraction of sp³-hybridized carbons (Fsp3) is 0. The molecule has 0 fully saturated rings. The van der Waals surface area contributed by atoms with Crippen molar-refractivity contribution in [3.63, 3.8) is 0 Å². The van der Waals surface area contributed by atoms with Gasteiger partial charge in [-0.15, -0.1) is 0 Å². The molecule has 9 aromatic rings. The lowest BCUT2D eigenvalue weighted by Crippen LogP contribution is -2.11. The van der Waals surface area contributed by atoms with Crippen molar-refractivity contribution >= 4 is 60.5 Å². The highest BCUT2D eigenvalue weighted by atomic mass is 16.3. The number of rotatable bonds is 5. The van der Waals surface area contributed by atoms with Crippen LogP contribution in [0.2, 0.25) is 0 Å². The van der Waals surface area contributed by atoms with Gasteiger partial charge in [-0.25, -0.2) is 0 Å². The Morgan fingerprint density at radius 1 is 0.370 bits per heavy atom. The normalized spacial score (nSPS) is 11.5. The molecule has 0 aliphatic rings. The van der Waals surface area contributed by atoms with Crippen LogP contribution in [0.4, 0.5) is 17.1 Å². The van der Waals surface area contributed by atoms with Crippen LogP contribution in [0, 0.1) is 0 Å². The van der Waals surface area contributed by atoms with E-state index < -0.39 is 0 Å². The molecule has 0 saturated heterocycles. The van der Waals surface area contributed by atoms with E-state index in [9.17, 15) is 0 Å². The largest absolute Gasteiger partial charge is 0.455 e. The van der Waals surface area contributed by atoms with Crippen molar-refractivity contribution in [3.05, 3.63) is 176 Å². The Labute approximate surface area is 267 Å². The van der Waals surface area contributed by atoms with E-state index in [1.807, 2.05) is 12.1 Å². The Morgan fingerprint density at radius 3 is 1.78 bits per heavy atom. The average Bonchev–Trinajstić information content (AvgIpc) is 3.52. The molecule has 0 amide bonds. The molecule has 1 aromatic heterocycles. The summed E-state index contributed by atoms with van der Waals surface area (Å²) >= 11 is 0. The average molecular weight is 588 g/mol. The minimum atomic E-state index is 0.906. The molecule has 0 saturated carbocycles. The smallest absolute Gasteiger partial charge is 0.143 e. The third-order valence-corrected chi connectivity index (χ3v) is 9.02. The second kappa shape index (κ2) is 10.8. The molecular formula is C44H29NO. The van der Waals surface area contributed by atoms with Gasteiger partial charge in [0.15, 0.2) is 0 Å². The van der Waals surface area contributed by atoms with Crippen LogP contribution in [0.1, 0.15) is 0 Å². The molecule has 0 aliphatic heterocycles. The monoisotopic (exact) mass is 587 g/mol. The lowest BCUT2D eigenvalue weighted by atomic mass is 9.97. The molecule has 0 N–H and O–H groups in total. The van der Waals surface area contributed by atoms with Crippen molar-refractivity contribution in [1.82, 2.24) is 0 Å². The highest BCUT2D eigenvalue weighted by molar-refractivity contribution is 6.15. The molecule has 0 bridgehead atoms. The molecule has 216 valence electrons. The second-order valence-electron chi connectivity index (χ2n) is 11.7. The van der Waals surface area contributed by atoms with E-state index in [4.69, 9.17) is 4.42 Å². The van der Waals surface area contributed by atoms with Gasteiger partial charge in [0.2, 0.25) is 0 Å². The number of anilines is 3. The summed E-state index contributed by atoms with van der Waals surface area (Å²) in [5.41, 5.74) is 9.69. The van der Waals surface area contributed by atoms with Gasteiger partial charge in [0.1, 0.15) is 11.2 Å². The second-order valence-corrected chi connectivity index (χ2v) is 11.7. The number of furan rings is 1. The van der Waals surface area contributed by atoms with Crippen molar-refractivity contribution in [2.45, 2.75) is 0 Å². The Balaban J connectivity index is 1.30. The molecule has 2 nitrogen and oxygen atoms in total. The van der Waals surface area contributed by atoms with Gasteiger partial charge < -0.3 is 9.32 Å². The molecule has 1 heterocycles.